The standard InChI is InChI=1S/C14H20BrN3O2.ClH/c1-4-18(5-2)13(19)9-17(3)14(20)11-7-6-10(15)8-12(11)16;/h6-8H,4-5,9,16H2,1-3H3;1H. The molecule has 1 rings (SSSR count). The fourth-order valence-electron chi connectivity index (χ4n) is 1.88. The van der Waals surface area contributed by atoms with Crippen molar-refractivity contribution in [3.8, 4) is 0 Å². The zero-order chi connectivity index (χ0) is 15.3. The lowest BCUT2D eigenvalue weighted by Crippen LogP contribution is -2.41. The molecular formula is C14H21BrClN3O2. The van der Waals surface area contributed by atoms with Crippen LogP contribution in [0.25, 0.3) is 0 Å². The number of hydrogen-bond donors (Lipinski definition) is 1. The molecule has 2 N–H and O–H groups in total. The second kappa shape index (κ2) is 8.89. The largest absolute Gasteiger partial charge is 0.398 e. The van der Waals surface area contributed by atoms with Crippen LogP contribution < -0.4 is 5.73 Å². The number of benzene rings is 1. The summed E-state index contributed by atoms with van der Waals surface area (Å²) in [6.45, 7) is 5.15. The minimum absolute atomic E-state index is 0. The van der Waals surface area contributed by atoms with Gasteiger partial charge in [-0.2, -0.15) is 0 Å². The van der Waals surface area contributed by atoms with Crippen molar-refractivity contribution in [3.63, 3.8) is 0 Å². The highest BCUT2D eigenvalue weighted by atomic mass is 79.9. The summed E-state index contributed by atoms with van der Waals surface area (Å²) in [4.78, 5) is 27.3. The molecule has 0 bridgehead atoms. The van der Waals surface area contributed by atoms with Gasteiger partial charge < -0.3 is 15.5 Å². The maximum absolute atomic E-state index is 12.3. The SMILES string of the molecule is CCN(CC)C(=O)CN(C)C(=O)c1ccc(Br)cc1N.Cl. The maximum atomic E-state index is 12.3. The van der Waals surface area contributed by atoms with Crippen LogP contribution in [-0.4, -0.2) is 48.3 Å². The van der Waals surface area contributed by atoms with Crippen molar-refractivity contribution in [2.24, 2.45) is 0 Å². The number of carbonyl (C=O) groups is 2. The Morgan fingerprint density at radius 2 is 1.81 bits per heavy atom. The Bertz CT molecular complexity index is 507. The molecule has 7 heteroatoms. The van der Waals surface area contributed by atoms with E-state index in [2.05, 4.69) is 15.9 Å². The van der Waals surface area contributed by atoms with Crippen molar-refractivity contribution in [1.82, 2.24) is 9.80 Å². The highest BCUT2D eigenvalue weighted by molar-refractivity contribution is 9.10. The number of anilines is 1. The van der Waals surface area contributed by atoms with Crippen molar-refractivity contribution in [1.29, 1.82) is 0 Å². The minimum Gasteiger partial charge on any atom is -0.398 e. The van der Waals surface area contributed by atoms with Crippen LogP contribution in [0.4, 0.5) is 5.69 Å². The molecule has 0 unspecified atom stereocenters. The van der Waals surface area contributed by atoms with Crippen molar-refractivity contribution in [3.05, 3.63) is 28.2 Å². The van der Waals surface area contributed by atoms with Crippen LogP contribution in [0, 0.1) is 0 Å². The maximum Gasteiger partial charge on any atom is 0.256 e. The number of hydrogen-bond acceptors (Lipinski definition) is 3. The molecule has 21 heavy (non-hydrogen) atoms. The molecule has 0 fully saturated rings. The Morgan fingerprint density at radius 1 is 1.24 bits per heavy atom. The van der Waals surface area contributed by atoms with Gasteiger partial charge >= 0.3 is 0 Å². The first kappa shape index (κ1) is 19.7. The lowest BCUT2D eigenvalue weighted by molar-refractivity contribution is -0.131. The first-order valence-electron chi connectivity index (χ1n) is 6.48. The number of nitrogen functional groups attached to an aromatic ring is 1. The summed E-state index contributed by atoms with van der Waals surface area (Å²) >= 11 is 3.29. The highest BCUT2D eigenvalue weighted by Crippen LogP contribution is 2.19. The summed E-state index contributed by atoms with van der Waals surface area (Å²) in [7, 11) is 1.60. The van der Waals surface area contributed by atoms with Crippen LogP contribution in [0.15, 0.2) is 22.7 Å². The molecule has 0 saturated carbocycles. The monoisotopic (exact) mass is 377 g/mol. The number of amides is 2. The van der Waals surface area contributed by atoms with Gasteiger partial charge in [0.25, 0.3) is 5.91 Å². The van der Waals surface area contributed by atoms with Crippen LogP contribution in [0.1, 0.15) is 24.2 Å². The predicted molar refractivity (Wildman–Crippen MR) is 90.7 cm³/mol. The van der Waals surface area contributed by atoms with Gasteiger partial charge in [-0.05, 0) is 32.0 Å². The Kier molecular flexibility index (Phi) is 8.36. The van der Waals surface area contributed by atoms with Crippen LogP contribution in [0.3, 0.4) is 0 Å². The highest BCUT2D eigenvalue weighted by Gasteiger charge is 2.19. The molecule has 0 atom stereocenters. The molecule has 0 aromatic heterocycles. The Hall–Kier alpha value is -1.27. The molecule has 0 aliphatic heterocycles. The number of halogens is 2. The third-order valence-electron chi connectivity index (χ3n) is 3.08. The van der Waals surface area contributed by atoms with Gasteiger partial charge in [-0.1, -0.05) is 15.9 Å². The van der Waals surface area contributed by atoms with E-state index >= 15 is 0 Å². The summed E-state index contributed by atoms with van der Waals surface area (Å²) in [5, 5.41) is 0. The third-order valence-corrected chi connectivity index (χ3v) is 3.57. The van der Waals surface area contributed by atoms with E-state index in [0.717, 1.165) is 4.47 Å². The third kappa shape index (κ3) is 5.21. The zero-order valence-corrected chi connectivity index (χ0v) is 14.8. The van der Waals surface area contributed by atoms with E-state index in [1.165, 1.54) is 4.90 Å². The molecule has 0 heterocycles. The second-order valence-electron chi connectivity index (χ2n) is 4.46. The molecule has 0 aliphatic carbocycles. The number of nitrogens with two attached hydrogens (primary N) is 1. The summed E-state index contributed by atoms with van der Waals surface area (Å²) in [5.74, 6) is -0.322. The lowest BCUT2D eigenvalue weighted by Gasteiger charge is -2.23. The normalized spacial score (nSPS) is 9.71. The molecule has 1 aromatic carbocycles. The molecule has 0 aliphatic rings. The van der Waals surface area contributed by atoms with Gasteiger partial charge in [-0.25, -0.2) is 0 Å². The number of rotatable bonds is 5. The average molecular weight is 379 g/mol. The van der Waals surface area contributed by atoms with E-state index in [-0.39, 0.29) is 30.8 Å². The van der Waals surface area contributed by atoms with Crippen LogP contribution >= 0.6 is 28.3 Å². The van der Waals surface area contributed by atoms with Gasteiger partial charge in [0.1, 0.15) is 0 Å². The first-order chi connectivity index (χ1) is 9.40. The molecule has 0 saturated heterocycles. The van der Waals surface area contributed by atoms with Crippen LogP contribution in [0.2, 0.25) is 0 Å². The van der Waals surface area contributed by atoms with Crippen molar-refractivity contribution >= 4 is 45.8 Å². The molecule has 2 amide bonds. The van der Waals surface area contributed by atoms with E-state index in [0.29, 0.717) is 24.3 Å². The second-order valence-corrected chi connectivity index (χ2v) is 5.37. The van der Waals surface area contributed by atoms with E-state index in [9.17, 15) is 9.59 Å². The summed E-state index contributed by atoms with van der Waals surface area (Å²) in [6, 6.07) is 5.08. The molecular weight excluding hydrogens is 358 g/mol. The topological polar surface area (TPSA) is 66.6 Å². The number of likely N-dealkylation sites (N-methyl/N-ethyl adjacent to an activating group) is 2. The minimum atomic E-state index is -0.254. The van der Waals surface area contributed by atoms with E-state index < -0.39 is 0 Å². The lowest BCUT2D eigenvalue weighted by atomic mass is 10.1. The van der Waals surface area contributed by atoms with Gasteiger partial charge in [0.2, 0.25) is 5.91 Å². The Balaban J connectivity index is 0.00000400. The van der Waals surface area contributed by atoms with E-state index in [1.807, 2.05) is 13.8 Å². The average Bonchev–Trinajstić information content (AvgIpc) is 2.39. The van der Waals surface area contributed by atoms with Crippen LogP contribution in [0.5, 0.6) is 0 Å². The summed E-state index contributed by atoms with van der Waals surface area (Å²) < 4.78 is 0.813. The zero-order valence-electron chi connectivity index (χ0n) is 12.4. The number of carbonyl (C=O) groups excluding carboxylic acids is 2. The molecule has 0 radical (unpaired) electrons. The van der Waals surface area contributed by atoms with Crippen LogP contribution in [-0.2, 0) is 4.79 Å². The van der Waals surface area contributed by atoms with Gasteiger partial charge in [0, 0.05) is 30.3 Å². The summed E-state index contributed by atoms with van der Waals surface area (Å²) in [6.07, 6.45) is 0. The Labute approximate surface area is 140 Å². The van der Waals surface area contributed by atoms with Gasteiger partial charge in [-0.3, -0.25) is 9.59 Å². The first-order valence-corrected chi connectivity index (χ1v) is 7.28. The fraction of sp³-hybridized carbons (Fsp3) is 0.429. The van der Waals surface area contributed by atoms with Crippen molar-refractivity contribution in [2.45, 2.75) is 13.8 Å². The van der Waals surface area contributed by atoms with Gasteiger partial charge in [-0.15, -0.1) is 12.4 Å². The molecule has 0 spiro atoms. The van der Waals surface area contributed by atoms with Crippen molar-refractivity contribution in [2.75, 3.05) is 32.4 Å². The van der Waals surface area contributed by atoms with Gasteiger partial charge in [0.05, 0.1) is 12.1 Å². The molecule has 118 valence electrons. The van der Waals surface area contributed by atoms with E-state index in [1.54, 1.807) is 30.1 Å². The smallest absolute Gasteiger partial charge is 0.256 e. The Morgan fingerprint density at radius 3 is 2.29 bits per heavy atom. The number of nitrogens with zero attached hydrogens (tertiary/aromatic N) is 2. The quantitative estimate of drug-likeness (QED) is 0.800. The molecule has 1 aromatic rings. The summed E-state index contributed by atoms with van der Waals surface area (Å²) in [5.41, 5.74) is 6.63. The van der Waals surface area contributed by atoms with E-state index in [4.69, 9.17) is 5.73 Å². The molecule has 5 nitrogen and oxygen atoms in total. The van der Waals surface area contributed by atoms with Crippen molar-refractivity contribution < 1.29 is 9.59 Å². The van der Waals surface area contributed by atoms with Gasteiger partial charge in [0.15, 0.2) is 0 Å². The predicted octanol–water partition coefficient (Wildman–Crippen LogP) is 2.39. The fourth-order valence-corrected chi connectivity index (χ4v) is 2.26.